The maximum atomic E-state index is 13.5. The van der Waals surface area contributed by atoms with E-state index in [1.54, 1.807) is 0 Å². The van der Waals surface area contributed by atoms with Crippen molar-refractivity contribution in [3.05, 3.63) is 34.6 Å². The summed E-state index contributed by atoms with van der Waals surface area (Å²) in [5, 5.41) is 0. The molecule has 0 unspecified atom stereocenters. The minimum Gasteiger partial charge on any atom is -0.382 e. The molecule has 0 heterocycles. The van der Waals surface area contributed by atoms with E-state index in [-0.39, 0.29) is 0 Å². The monoisotopic (exact) mass is 450 g/mol. The fourth-order valence-corrected chi connectivity index (χ4v) is 3.79. The zero-order chi connectivity index (χ0) is 22.2. The molecule has 0 atom stereocenters. The van der Waals surface area contributed by atoms with Gasteiger partial charge < -0.3 is 4.74 Å². The topological polar surface area (TPSA) is 9.23 Å². The summed E-state index contributed by atoms with van der Waals surface area (Å²) >= 11 is 1.99. The highest BCUT2D eigenvalue weighted by Gasteiger charge is 2.24. The average Bonchev–Trinajstić information content (AvgIpc) is 2.75. The van der Waals surface area contributed by atoms with Crippen molar-refractivity contribution in [1.29, 1.82) is 0 Å². The Balaban J connectivity index is 2.04. The van der Waals surface area contributed by atoms with Crippen molar-refractivity contribution in [1.82, 2.24) is 0 Å². The van der Waals surface area contributed by atoms with Crippen molar-refractivity contribution >= 4 is 11.8 Å². The Morgan fingerprint density at radius 2 is 1.17 bits per heavy atom. The second-order valence-corrected chi connectivity index (χ2v) is 8.21. The summed E-state index contributed by atoms with van der Waals surface area (Å²) in [5.41, 5.74) is -1.06. The Morgan fingerprint density at radius 1 is 0.667 bits per heavy atom. The van der Waals surface area contributed by atoms with Crippen LogP contribution in [-0.2, 0) is 4.74 Å². The van der Waals surface area contributed by atoms with Gasteiger partial charge in [0, 0.05) is 19.6 Å². The Bertz CT molecular complexity index is 655. The predicted molar refractivity (Wildman–Crippen MR) is 113 cm³/mol. The van der Waals surface area contributed by atoms with Gasteiger partial charge in [0.05, 0.1) is 0 Å². The van der Waals surface area contributed by atoms with E-state index >= 15 is 0 Å². The molecule has 0 spiro atoms. The Morgan fingerprint density at radius 3 is 1.77 bits per heavy atom. The molecule has 0 aliphatic rings. The third-order valence-corrected chi connectivity index (χ3v) is 5.70. The summed E-state index contributed by atoms with van der Waals surface area (Å²) in [7, 11) is 0. The quantitative estimate of drug-likeness (QED) is 0.0905. The number of thioether (sulfide) groups is 1. The van der Waals surface area contributed by atoms with Gasteiger partial charge in [-0.05, 0) is 37.7 Å². The summed E-state index contributed by atoms with van der Waals surface area (Å²) in [6.07, 6.45) is 10.2. The van der Waals surface area contributed by atoms with Crippen LogP contribution in [0.2, 0.25) is 0 Å². The first-order valence-corrected chi connectivity index (χ1v) is 11.8. The lowest BCUT2D eigenvalue weighted by Gasteiger charge is -2.03. The van der Waals surface area contributed by atoms with E-state index in [1.165, 1.54) is 31.4 Å². The predicted octanol–water partition coefficient (Wildman–Crippen LogP) is 7.40. The molecule has 1 nitrogen and oxygen atoms in total. The van der Waals surface area contributed by atoms with Crippen molar-refractivity contribution in [3.63, 3.8) is 0 Å². The Labute approximate surface area is 181 Å². The number of ether oxygens (including phenoxy) is 1. The number of rotatable bonds is 15. The van der Waals surface area contributed by atoms with Gasteiger partial charge >= 0.3 is 0 Å². The van der Waals surface area contributed by atoms with Crippen molar-refractivity contribution in [2.75, 3.05) is 24.7 Å². The number of hydrogen-bond donors (Lipinski definition) is 0. The van der Waals surface area contributed by atoms with Crippen LogP contribution in [0, 0.1) is 40.9 Å². The Hall–Kier alpha value is -1.26. The largest absolute Gasteiger partial charge is 0.382 e. The van der Waals surface area contributed by atoms with Crippen LogP contribution in [-0.4, -0.2) is 24.7 Å². The SMILES string of the molecule is CCOCCCSCCCCCCCCCCC#Cc1c(F)c(F)c(F)c(F)c1F. The van der Waals surface area contributed by atoms with Crippen molar-refractivity contribution in [2.24, 2.45) is 0 Å². The molecule has 30 heavy (non-hydrogen) atoms. The van der Waals surface area contributed by atoms with E-state index in [2.05, 4.69) is 11.8 Å². The molecule has 0 aliphatic carbocycles. The summed E-state index contributed by atoms with van der Waals surface area (Å²) < 4.78 is 71.4. The first-order valence-electron chi connectivity index (χ1n) is 10.7. The molecule has 0 fully saturated rings. The molecule has 0 saturated carbocycles. The smallest absolute Gasteiger partial charge is 0.200 e. The second-order valence-electron chi connectivity index (χ2n) is 6.99. The van der Waals surface area contributed by atoms with Gasteiger partial charge in [0.1, 0.15) is 5.56 Å². The zero-order valence-electron chi connectivity index (χ0n) is 17.6. The van der Waals surface area contributed by atoms with E-state index in [0.717, 1.165) is 51.1 Å². The molecule has 0 aromatic heterocycles. The number of hydrogen-bond acceptors (Lipinski definition) is 2. The molecular formula is C23H31F5OS. The van der Waals surface area contributed by atoms with Gasteiger partial charge in [-0.1, -0.05) is 50.4 Å². The maximum Gasteiger partial charge on any atom is 0.200 e. The van der Waals surface area contributed by atoms with Gasteiger partial charge in [-0.3, -0.25) is 0 Å². The molecule has 7 heteroatoms. The van der Waals surface area contributed by atoms with Crippen molar-refractivity contribution < 1.29 is 26.7 Å². The lowest BCUT2D eigenvalue weighted by Crippen LogP contribution is -2.04. The third kappa shape index (κ3) is 10.2. The molecule has 0 saturated heterocycles. The van der Waals surface area contributed by atoms with Crippen LogP contribution in [0.3, 0.4) is 0 Å². The highest BCUT2D eigenvalue weighted by molar-refractivity contribution is 7.99. The fraction of sp³-hybridized carbons (Fsp3) is 0.652. The molecular weight excluding hydrogens is 419 g/mol. The third-order valence-electron chi connectivity index (χ3n) is 4.55. The molecule has 1 aromatic rings. The zero-order valence-corrected chi connectivity index (χ0v) is 18.4. The first-order chi connectivity index (χ1) is 14.5. The summed E-state index contributed by atoms with van der Waals surface area (Å²) in [6, 6.07) is 0. The molecule has 0 N–H and O–H groups in total. The molecule has 0 radical (unpaired) electrons. The standard InChI is InChI=1S/C23H31F5OS/c1-2-29-15-13-17-30-16-12-10-8-6-4-3-5-7-9-11-14-18-19(24)21(26)23(28)22(27)20(18)25/h2-10,12-13,15-17H2,1H3. The van der Waals surface area contributed by atoms with Crippen molar-refractivity contribution in [3.8, 4) is 11.8 Å². The maximum absolute atomic E-state index is 13.5. The van der Waals surface area contributed by atoms with E-state index < -0.39 is 34.6 Å². The summed E-state index contributed by atoms with van der Waals surface area (Å²) in [6.45, 7) is 3.65. The van der Waals surface area contributed by atoms with Gasteiger partial charge in [-0.2, -0.15) is 11.8 Å². The van der Waals surface area contributed by atoms with E-state index in [9.17, 15) is 22.0 Å². The molecule has 0 bridgehead atoms. The van der Waals surface area contributed by atoms with E-state index in [4.69, 9.17) is 4.74 Å². The van der Waals surface area contributed by atoms with Crippen LogP contribution < -0.4 is 0 Å². The van der Waals surface area contributed by atoms with Crippen LogP contribution in [0.1, 0.15) is 76.7 Å². The number of benzene rings is 1. The average molecular weight is 451 g/mol. The second kappa shape index (κ2) is 16.4. The van der Waals surface area contributed by atoms with Gasteiger partial charge in [0.2, 0.25) is 5.82 Å². The van der Waals surface area contributed by atoms with E-state index in [0.29, 0.717) is 6.42 Å². The van der Waals surface area contributed by atoms with Crippen LogP contribution in [0.25, 0.3) is 0 Å². The lowest BCUT2D eigenvalue weighted by molar-refractivity contribution is 0.149. The minimum absolute atomic E-state index is 0.361. The normalized spacial score (nSPS) is 10.9. The lowest BCUT2D eigenvalue weighted by atomic mass is 10.1. The van der Waals surface area contributed by atoms with Crippen LogP contribution in [0.4, 0.5) is 22.0 Å². The Kier molecular flexibility index (Phi) is 14.7. The fourth-order valence-electron chi connectivity index (χ4n) is 2.85. The summed E-state index contributed by atoms with van der Waals surface area (Å²) in [4.78, 5) is 0. The summed E-state index contributed by atoms with van der Waals surface area (Å²) in [5.74, 6) is -2.87. The number of halogens is 5. The van der Waals surface area contributed by atoms with Crippen LogP contribution >= 0.6 is 11.8 Å². The molecule has 0 amide bonds. The first kappa shape index (κ1) is 26.8. The van der Waals surface area contributed by atoms with Crippen molar-refractivity contribution in [2.45, 2.75) is 71.1 Å². The van der Waals surface area contributed by atoms with Crippen LogP contribution in [0.5, 0.6) is 0 Å². The highest BCUT2D eigenvalue weighted by atomic mass is 32.2. The highest BCUT2D eigenvalue weighted by Crippen LogP contribution is 2.22. The van der Waals surface area contributed by atoms with Crippen LogP contribution in [0.15, 0.2) is 0 Å². The molecule has 1 rings (SSSR count). The number of unbranched alkanes of at least 4 members (excludes halogenated alkanes) is 8. The van der Waals surface area contributed by atoms with Gasteiger partial charge in [-0.15, -0.1) is 0 Å². The minimum atomic E-state index is -2.16. The van der Waals surface area contributed by atoms with E-state index in [1.807, 2.05) is 18.7 Å². The van der Waals surface area contributed by atoms with Gasteiger partial charge in [0.25, 0.3) is 0 Å². The van der Waals surface area contributed by atoms with Gasteiger partial charge in [-0.25, -0.2) is 22.0 Å². The molecule has 1 aromatic carbocycles. The molecule has 0 aliphatic heterocycles. The molecule has 170 valence electrons. The van der Waals surface area contributed by atoms with Gasteiger partial charge in [0.15, 0.2) is 23.3 Å².